The molecule has 0 saturated heterocycles. The van der Waals surface area contributed by atoms with Gasteiger partial charge in [-0.15, -0.1) is 0 Å². The third-order valence-electron chi connectivity index (χ3n) is 2.45. The molecule has 1 heterocycles. The Bertz CT molecular complexity index is 602. The zero-order valence-corrected chi connectivity index (χ0v) is 9.30. The fraction of sp³-hybridized carbons (Fsp3) is 0.0833. The first-order chi connectivity index (χ1) is 8.77. The first-order valence-corrected chi connectivity index (χ1v) is 5.07. The Kier molecular flexibility index (Phi) is 3.13. The lowest BCUT2D eigenvalue weighted by molar-refractivity contribution is -0.136. The van der Waals surface area contributed by atoms with Crippen LogP contribution >= 0.6 is 0 Å². The van der Waals surface area contributed by atoms with E-state index in [-0.39, 0.29) is 11.1 Å². The summed E-state index contributed by atoms with van der Waals surface area (Å²) >= 11 is 0. The van der Waals surface area contributed by atoms with E-state index in [1.165, 1.54) is 6.07 Å². The van der Waals surface area contributed by atoms with Crippen LogP contribution < -0.4 is 5.73 Å². The van der Waals surface area contributed by atoms with E-state index in [0.29, 0.717) is 0 Å². The number of nitrogens with zero attached hydrogens (tertiary/aromatic N) is 1. The van der Waals surface area contributed by atoms with Gasteiger partial charge in [-0.2, -0.15) is 26.9 Å². The molecular weight excluding hydrogens is 267 g/mol. The molecule has 0 spiro atoms. The maximum absolute atomic E-state index is 12.9. The highest BCUT2D eigenvalue weighted by atomic mass is 19.4. The molecule has 2 rings (SSSR count). The van der Waals surface area contributed by atoms with Crippen LogP contribution in [0.15, 0.2) is 30.3 Å². The summed E-state index contributed by atoms with van der Waals surface area (Å²) in [6, 6.07) is 4.71. The Morgan fingerprint density at radius 3 is 2.00 bits per heavy atom. The summed E-state index contributed by atoms with van der Waals surface area (Å²) in [5.74, 6) is -2.22. The molecule has 0 saturated carbocycles. The number of hydrogen-bond donors (Lipinski definition) is 1. The second-order valence-corrected chi connectivity index (χ2v) is 3.80. The highest BCUT2D eigenvalue weighted by Crippen LogP contribution is 2.36. The second kappa shape index (κ2) is 4.49. The molecule has 0 amide bonds. The minimum atomic E-state index is -4.63. The smallest absolute Gasteiger partial charge is 0.398 e. The molecular formula is C12H7F5N2. The summed E-state index contributed by atoms with van der Waals surface area (Å²) in [7, 11) is 0. The fourth-order valence-corrected chi connectivity index (χ4v) is 1.61. The number of nitrogens with two attached hydrogens (primary N) is 1. The average Bonchev–Trinajstić information content (AvgIpc) is 2.26. The number of halogens is 5. The number of aromatic nitrogens is 1. The predicted molar refractivity (Wildman–Crippen MR) is 59.0 cm³/mol. The maximum Gasteiger partial charge on any atom is 0.418 e. The molecule has 2 N–H and O–H groups in total. The Morgan fingerprint density at radius 2 is 1.47 bits per heavy atom. The molecule has 0 aliphatic rings. The Balaban J connectivity index is 2.58. The first-order valence-electron chi connectivity index (χ1n) is 5.07. The van der Waals surface area contributed by atoms with Crippen molar-refractivity contribution < 1.29 is 22.0 Å². The van der Waals surface area contributed by atoms with Gasteiger partial charge in [0.2, 0.25) is 11.9 Å². The number of benzene rings is 1. The van der Waals surface area contributed by atoms with E-state index in [0.717, 1.165) is 24.3 Å². The minimum Gasteiger partial charge on any atom is -0.398 e. The quantitative estimate of drug-likeness (QED) is 0.490. The van der Waals surface area contributed by atoms with Crippen molar-refractivity contribution in [3.63, 3.8) is 0 Å². The van der Waals surface area contributed by atoms with Gasteiger partial charge in [-0.3, -0.25) is 0 Å². The molecule has 1 aromatic carbocycles. The summed E-state index contributed by atoms with van der Waals surface area (Å²) in [4.78, 5) is 2.87. The minimum absolute atomic E-state index is 0.00160. The summed E-state index contributed by atoms with van der Waals surface area (Å²) in [5.41, 5.74) is 3.68. The van der Waals surface area contributed by atoms with Crippen molar-refractivity contribution in [2.75, 3.05) is 5.73 Å². The summed E-state index contributed by atoms with van der Waals surface area (Å²) in [6.07, 6.45) is -4.63. The Hall–Kier alpha value is -2.18. The number of pyridine rings is 1. The van der Waals surface area contributed by atoms with Gasteiger partial charge in [0.15, 0.2) is 0 Å². The molecule has 0 aliphatic heterocycles. The monoisotopic (exact) mass is 274 g/mol. The van der Waals surface area contributed by atoms with Crippen LogP contribution in [0.5, 0.6) is 0 Å². The predicted octanol–water partition coefficient (Wildman–Crippen LogP) is 3.63. The molecule has 1 aromatic heterocycles. The summed E-state index contributed by atoms with van der Waals surface area (Å²) in [5, 5.41) is 0. The lowest BCUT2D eigenvalue weighted by Crippen LogP contribution is -2.09. The topological polar surface area (TPSA) is 38.9 Å². The molecule has 0 radical (unpaired) electrons. The first kappa shape index (κ1) is 13.3. The van der Waals surface area contributed by atoms with Crippen molar-refractivity contribution in [1.82, 2.24) is 4.98 Å². The number of nitrogen functional groups attached to an aromatic ring is 1. The molecule has 0 unspecified atom stereocenters. The van der Waals surface area contributed by atoms with Crippen LogP contribution in [0.2, 0.25) is 0 Å². The molecule has 7 heteroatoms. The van der Waals surface area contributed by atoms with E-state index in [2.05, 4.69) is 4.98 Å². The normalized spacial score (nSPS) is 11.6. The van der Waals surface area contributed by atoms with Crippen molar-refractivity contribution in [1.29, 1.82) is 0 Å². The molecule has 0 aliphatic carbocycles. The number of rotatable bonds is 1. The largest absolute Gasteiger partial charge is 0.418 e. The van der Waals surface area contributed by atoms with Gasteiger partial charge in [0.05, 0.1) is 5.56 Å². The van der Waals surface area contributed by atoms with Crippen LogP contribution in [0.3, 0.4) is 0 Å². The zero-order chi connectivity index (χ0) is 14.2. The second-order valence-electron chi connectivity index (χ2n) is 3.80. The van der Waals surface area contributed by atoms with E-state index < -0.39 is 29.3 Å². The Morgan fingerprint density at radius 1 is 0.895 bits per heavy atom. The highest BCUT2D eigenvalue weighted by Gasteiger charge is 2.33. The van der Waals surface area contributed by atoms with Crippen molar-refractivity contribution >= 4 is 5.69 Å². The number of alkyl halides is 3. The van der Waals surface area contributed by atoms with Crippen molar-refractivity contribution in [3.8, 4) is 11.1 Å². The average molecular weight is 274 g/mol. The van der Waals surface area contributed by atoms with Gasteiger partial charge in [-0.1, -0.05) is 6.07 Å². The van der Waals surface area contributed by atoms with Crippen LogP contribution in [-0.4, -0.2) is 4.98 Å². The van der Waals surface area contributed by atoms with E-state index in [4.69, 9.17) is 5.73 Å². The Labute approximate surface area is 104 Å². The van der Waals surface area contributed by atoms with Crippen molar-refractivity contribution in [2.45, 2.75) is 6.18 Å². The van der Waals surface area contributed by atoms with Gasteiger partial charge < -0.3 is 5.73 Å². The van der Waals surface area contributed by atoms with Gasteiger partial charge in [-0.25, -0.2) is 0 Å². The summed E-state index contributed by atoms with van der Waals surface area (Å²) < 4.78 is 63.8. The van der Waals surface area contributed by atoms with Crippen LogP contribution in [0, 0.1) is 11.9 Å². The number of hydrogen-bond acceptors (Lipinski definition) is 2. The van der Waals surface area contributed by atoms with Crippen LogP contribution in [0.1, 0.15) is 5.56 Å². The lowest BCUT2D eigenvalue weighted by Gasteiger charge is -2.12. The van der Waals surface area contributed by atoms with E-state index in [1.54, 1.807) is 0 Å². The summed E-state index contributed by atoms with van der Waals surface area (Å²) in [6.45, 7) is 0. The lowest BCUT2D eigenvalue weighted by atomic mass is 10.0. The molecule has 0 bridgehead atoms. The molecule has 2 nitrogen and oxygen atoms in total. The van der Waals surface area contributed by atoms with Crippen LogP contribution in [-0.2, 0) is 6.18 Å². The standard InChI is InChI=1S/C12H7F5N2/c13-10-4-7(5-11(14)19-10)6-1-2-9(18)8(3-6)12(15,16)17/h1-5H,18H2. The van der Waals surface area contributed by atoms with Gasteiger partial charge >= 0.3 is 6.18 Å². The zero-order valence-electron chi connectivity index (χ0n) is 9.30. The molecule has 2 aromatic rings. The third-order valence-corrected chi connectivity index (χ3v) is 2.45. The van der Waals surface area contributed by atoms with Gasteiger partial charge in [0, 0.05) is 17.8 Å². The highest BCUT2D eigenvalue weighted by molar-refractivity contribution is 5.68. The van der Waals surface area contributed by atoms with Gasteiger partial charge in [0.1, 0.15) is 0 Å². The number of anilines is 1. The van der Waals surface area contributed by atoms with Gasteiger partial charge in [-0.05, 0) is 23.3 Å². The van der Waals surface area contributed by atoms with Gasteiger partial charge in [0.25, 0.3) is 0 Å². The van der Waals surface area contributed by atoms with Crippen LogP contribution in [0.25, 0.3) is 11.1 Å². The maximum atomic E-state index is 12.9. The van der Waals surface area contributed by atoms with E-state index >= 15 is 0 Å². The molecule has 100 valence electrons. The molecule has 0 fully saturated rings. The molecule has 19 heavy (non-hydrogen) atoms. The van der Waals surface area contributed by atoms with E-state index in [1.807, 2.05) is 0 Å². The van der Waals surface area contributed by atoms with E-state index in [9.17, 15) is 22.0 Å². The van der Waals surface area contributed by atoms with Crippen molar-refractivity contribution in [2.24, 2.45) is 0 Å². The van der Waals surface area contributed by atoms with Crippen molar-refractivity contribution in [3.05, 3.63) is 47.8 Å². The fourth-order valence-electron chi connectivity index (χ4n) is 1.61. The third kappa shape index (κ3) is 2.81. The van der Waals surface area contributed by atoms with Crippen LogP contribution in [0.4, 0.5) is 27.6 Å². The SMILES string of the molecule is Nc1ccc(-c2cc(F)nc(F)c2)cc1C(F)(F)F. The molecule has 0 atom stereocenters.